The molecule has 0 saturated carbocycles. The minimum absolute atomic E-state index is 0.235. The van der Waals surface area contributed by atoms with Crippen LogP contribution in [-0.2, 0) is 0 Å². The second-order valence-corrected chi connectivity index (χ2v) is 7.34. The number of rotatable bonds is 9. The Bertz CT molecular complexity index is 782. The predicted octanol–water partition coefficient (Wildman–Crippen LogP) is 6.29. The zero-order chi connectivity index (χ0) is 20.5. The van der Waals surface area contributed by atoms with Crippen molar-refractivity contribution in [3.05, 3.63) is 58.7 Å². The van der Waals surface area contributed by atoms with Gasteiger partial charge in [-0.1, -0.05) is 38.8 Å². The lowest BCUT2D eigenvalue weighted by molar-refractivity contribution is 0.472. The van der Waals surface area contributed by atoms with Crippen molar-refractivity contribution >= 4 is 11.4 Å². The largest absolute Gasteiger partial charge is 0.507 e. The highest BCUT2D eigenvalue weighted by molar-refractivity contribution is 6.05. The fourth-order valence-electron chi connectivity index (χ4n) is 3.06. The van der Waals surface area contributed by atoms with Gasteiger partial charge < -0.3 is 10.2 Å². The van der Waals surface area contributed by atoms with Gasteiger partial charge in [-0.3, -0.25) is 0 Å². The molecule has 4 heteroatoms. The van der Waals surface area contributed by atoms with Gasteiger partial charge in [0.1, 0.15) is 11.5 Å². The lowest BCUT2D eigenvalue weighted by atomic mass is 10.0. The van der Waals surface area contributed by atoms with Gasteiger partial charge in [-0.25, -0.2) is 0 Å². The van der Waals surface area contributed by atoms with Crippen LogP contribution in [0.5, 0.6) is 11.5 Å². The fraction of sp³-hybridized carbons (Fsp3) is 0.417. The van der Waals surface area contributed by atoms with Crippen LogP contribution in [0.3, 0.4) is 0 Å². The van der Waals surface area contributed by atoms with Gasteiger partial charge in [0.15, 0.2) is 0 Å². The molecule has 0 aliphatic rings. The molecule has 0 aliphatic heterocycles. The molecule has 0 radical (unpaired) electrons. The summed E-state index contributed by atoms with van der Waals surface area (Å²) < 4.78 is 0. The zero-order valence-corrected chi connectivity index (χ0v) is 17.5. The maximum atomic E-state index is 10.4. The molecule has 0 aliphatic carbocycles. The molecule has 2 aromatic rings. The SMILES string of the molecule is CCCC/C(=N\N=C(/CCCC)c1ccc(C)cc1O)c1ccc(C)cc1O. The Labute approximate surface area is 168 Å². The van der Waals surface area contributed by atoms with Crippen molar-refractivity contribution in [1.29, 1.82) is 0 Å². The molecule has 0 saturated heterocycles. The van der Waals surface area contributed by atoms with Gasteiger partial charge in [0.2, 0.25) is 0 Å². The van der Waals surface area contributed by atoms with Crippen molar-refractivity contribution in [2.75, 3.05) is 0 Å². The predicted molar refractivity (Wildman–Crippen MR) is 118 cm³/mol. The highest BCUT2D eigenvalue weighted by atomic mass is 16.3. The maximum Gasteiger partial charge on any atom is 0.124 e. The minimum Gasteiger partial charge on any atom is -0.507 e. The van der Waals surface area contributed by atoms with E-state index in [2.05, 4.69) is 24.1 Å². The average Bonchev–Trinajstić information content (AvgIpc) is 2.65. The Morgan fingerprint density at radius 2 is 1.11 bits per heavy atom. The third-order valence-electron chi connectivity index (χ3n) is 4.75. The number of nitrogens with zero attached hydrogens (tertiary/aromatic N) is 2. The molecule has 2 rings (SSSR count). The molecule has 2 aromatic carbocycles. The van der Waals surface area contributed by atoms with Crippen molar-refractivity contribution in [2.24, 2.45) is 10.2 Å². The van der Waals surface area contributed by atoms with Gasteiger partial charge in [0.05, 0.1) is 11.4 Å². The van der Waals surface area contributed by atoms with E-state index in [0.29, 0.717) is 0 Å². The molecule has 0 amide bonds. The molecule has 2 N–H and O–H groups in total. The molecule has 0 atom stereocenters. The number of benzene rings is 2. The summed E-state index contributed by atoms with van der Waals surface area (Å²) in [7, 11) is 0. The molecule has 0 heterocycles. The van der Waals surface area contributed by atoms with Gasteiger partial charge >= 0.3 is 0 Å². The zero-order valence-electron chi connectivity index (χ0n) is 17.5. The maximum absolute atomic E-state index is 10.4. The molecule has 0 fully saturated rings. The Morgan fingerprint density at radius 1 is 0.714 bits per heavy atom. The summed E-state index contributed by atoms with van der Waals surface area (Å²) >= 11 is 0. The van der Waals surface area contributed by atoms with Crippen LogP contribution in [0.1, 0.15) is 74.6 Å². The molecule has 28 heavy (non-hydrogen) atoms. The van der Waals surface area contributed by atoms with Crippen LogP contribution in [0, 0.1) is 13.8 Å². The van der Waals surface area contributed by atoms with E-state index in [1.807, 2.05) is 38.1 Å². The summed E-state index contributed by atoms with van der Waals surface area (Å²) in [5.41, 5.74) is 5.03. The van der Waals surface area contributed by atoms with Gasteiger partial charge in [0.25, 0.3) is 0 Å². The quantitative estimate of drug-likeness (QED) is 0.397. The standard InChI is InChI=1S/C24H32N2O2/c1-5-7-9-21(19-13-11-17(3)15-23(19)27)25-26-22(10-8-6-2)20-14-12-18(4)16-24(20)28/h11-16,27-28H,5-10H2,1-4H3/b25-21+,26-22+. The number of aryl methyl sites for hydroxylation is 2. The van der Waals surface area contributed by atoms with Gasteiger partial charge in [-0.15, -0.1) is 0 Å². The lowest BCUT2D eigenvalue weighted by Crippen LogP contribution is -2.05. The Balaban J connectivity index is 2.48. The van der Waals surface area contributed by atoms with E-state index in [1.54, 1.807) is 12.1 Å². The second-order valence-electron chi connectivity index (χ2n) is 7.34. The Hall–Kier alpha value is -2.62. The van der Waals surface area contributed by atoms with Crippen LogP contribution in [0.4, 0.5) is 0 Å². The molecule has 0 bridgehead atoms. The van der Waals surface area contributed by atoms with Crippen LogP contribution in [0.2, 0.25) is 0 Å². The lowest BCUT2D eigenvalue weighted by Gasteiger charge is -2.10. The van der Waals surface area contributed by atoms with Crippen LogP contribution in [0.15, 0.2) is 46.6 Å². The summed E-state index contributed by atoms with van der Waals surface area (Å²) in [4.78, 5) is 0. The summed E-state index contributed by atoms with van der Waals surface area (Å²) in [6, 6.07) is 11.3. The molecule has 0 unspecified atom stereocenters. The van der Waals surface area contributed by atoms with E-state index in [-0.39, 0.29) is 11.5 Å². The molecular formula is C24H32N2O2. The first-order valence-electron chi connectivity index (χ1n) is 10.2. The van der Waals surface area contributed by atoms with Crippen LogP contribution in [0.25, 0.3) is 0 Å². The Kier molecular flexibility index (Phi) is 8.24. The molecular weight excluding hydrogens is 348 g/mol. The van der Waals surface area contributed by atoms with Crippen molar-refractivity contribution in [2.45, 2.75) is 66.2 Å². The van der Waals surface area contributed by atoms with E-state index in [1.165, 1.54) is 0 Å². The van der Waals surface area contributed by atoms with Gasteiger partial charge in [-0.2, -0.15) is 10.2 Å². The van der Waals surface area contributed by atoms with Gasteiger partial charge in [0, 0.05) is 11.1 Å². The summed E-state index contributed by atoms with van der Waals surface area (Å²) in [5, 5.41) is 29.9. The minimum atomic E-state index is 0.235. The molecule has 0 aromatic heterocycles. The summed E-state index contributed by atoms with van der Waals surface area (Å²) in [6.07, 6.45) is 5.52. The fourth-order valence-corrected chi connectivity index (χ4v) is 3.06. The van der Waals surface area contributed by atoms with E-state index in [0.717, 1.165) is 72.2 Å². The topological polar surface area (TPSA) is 65.2 Å². The monoisotopic (exact) mass is 380 g/mol. The number of aromatic hydroxyl groups is 2. The number of hydrogen-bond donors (Lipinski definition) is 2. The molecule has 0 spiro atoms. The number of hydrogen-bond acceptors (Lipinski definition) is 4. The van der Waals surface area contributed by atoms with Crippen molar-refractivity contribution < 1.29 is 10.2 Å². The first-order chi connectivity index (χ1) is 13.5. The van der Waals surface area contributed by atoms with Crippen LogP contribution < -0.4 is 0 Å². The summed E-state index contributed by atoms with van der Waals surface area (Å²) in [6.45, 7) is 8.17. The van der Waals surface area contributed by atoms with Crippen molar-refractivity contribution in [3.8, 4) is 11.5 Å². The van der Waals surface area contributed by atoms with Crippen molar-refractivity contribution in [1.82, 2.24) is 0 Å². The normalized spacial score (nSPS) is 12.4. The molecule has 150 valence electrons. The van der Waals surface area contributed by atoms with Crippen LogP contribution in [-0.4, -0.2) is 21.6 Å². The smallest absolute Gasteiger partial charge is 0.124 e. The highest BCUT2D eigenvalue weighted by Crippen LogP contribution is 2.24. The summed E-state index contributed by atoms with van der Waals surface area (Å²) in [5.74, 6) is 0.469. The third-order valence-corrected chi connectivity index (χ3v) is 4.75. The van der Waals surface area contributed by atoms with E-state index in [9.17, 15) is 10.2 Å². The van der Waals surface area contributed by atoms with Crippen LogP contribution >= 0.6 is 0 Å². The first kappa shape index (κ1) is 21.7. The first-order valence-corrected chi connectivity index (χ1v) is 10.2. The third kappa shape index (κ3) is 5.95. The Morgan fingerprint density at radius 3 is 1.43 bits per heavy atom. The number of phenolic OH excluding ortho intramolecular Hbond substituents is 2. The second kappa shape index (κ2) is 10.6. The van der Waals surface area contributed by atoms with Crippen molar-refractivity contribution in [3.63, 3.8) is 0 Å². The van der Waals surface area contributed by atoms with E-state index >= 15 is 0 Å². The van der Waals surface area contributed by atoms with Gasteiger partial charge in [-0.05, 0) is 74.9 Å². The average molecular weight is 381 g/mol. The van der Waals surface area contributed by atoms with E-state index < -0.39 is 0 Å². The molecule has 4 nitrogen and oxygen atoms in total. The number of phenols is 2. The number of unbranched alkanes of at least 4 members (excludes halogenated alkanes) is 2. The van der Waals surface area contributed by atoms with E-state index in [4.69, 9.17) is 0 Å². The highest BCUT2D eigenvalue weighted by Gasteiger charge is 2.12.